The summed E-state index contributed by atoms with van der Waals surface area (Å²) in [6.45, 7) is 3.89. The van der Waals surface area contributed by atoms with E-state index in [1.54, 1.807) is 38.2 Å². The van der Waals surface area contributed by atoms with E-state index in [0.717, 1.165) is 11.1 Å². The van der Waals surface area contributed by atoms with Gasteiger partial charge in [-0.05, 0) is 32.0 Å². The second-order valence-corrected chi connectivity index (χ2v) is 6.73. The fourth-order valence-electron chi connectivity index (χ4n) is 2.52. The van der Waals surface area contributed by atoms with Crippen LogP contribution in [0.15, 0.2) is 53.1 Å². The first kappa shape index (κ1) is 18.9. The zero-order valence-electron chi connectivity index (χ0n) is 15.3. The zero-order chi connectivity index (χ0) is 19.4. The number of likely N-dealkylation sites (N-methyl/N-ethyl adjacent to an activating group) is 1. The molecule has 0 saturated heterocycles. The Labute approximate surface area is 162 Å². The molecule has 1 atom stereocenters. The first-order valence-corrected chi connectivity index (χ1v) is 8.87. The van der Waals surface area contributed by atoms with E-state index in [4.69, 9.17) is 20.9 Å². The standard InChI is InChI=1S/C20H20ClN3O3/c1-13-7-9-15(10-8-13)19-22-18(27-23-19)12-24(3)20(25)14(2)26-17-6-4-5-16(21)11-17/h4-11,14H,12H2,1-3H3/t14-/m0/s1. The number of nitrogens with zero attached hydrogens (tertiary/aromatic N) is 3. The van der Waals surface area contributed by atoms with E-state index < -0.39 is 6.10 Å². The van der Waals surface area contributed by atoms with E-state index >= 15 is 0 Å². The number of carbonyl (C=O) groups is 1. The smallest absolute Gasteiger partial charge is 0.263 e. The molecule has 0 fully saturated rings. The summed E-state index contributed by atoms with van der Waals surface area (Å²) >= 11 is 5.94. The van der Waals surface area contributed by atoms with Crippen molar-refractivity contribution in [1.29, 1.82) is 0 Å². The minimum absolute atomic E-state index is 0.195. The van der Waals surface area contributed by atoms with E-state index in [-0.39, 0.29) is 12.5 Å². The summed E-state index contributed by atoms with van der Waals surface area (Å²) in [5, 5.41) is 4.53. The largest absolute Gasteiger partial charge is 0.481 e. The molecule has 2 aromatic carbocycles. The van der Waals surface area contributed by atoms with Gasteiger partial charge in [-0.25, -0.2) is 0 Å². The highest BCUT2D eigenvalue weighted by Crippen LogP contribution is 2.20. The summed E-state index contributed by atoms with van der Waals surface area (Å²) < 4.78 is 10.9. The number of carbonyl (C=O) groups excluding carboxylic acids is 1. The van der Waals surface area contributed by atoms with Crippen LogP contribution in [0.1, 0.15) is 18.4 Å². The van der Waals surface area contributed by atoms with Crippen molar-refractivity contribution in [3.8, 4) is 17.1 Å². The van der Waals surface area contributed by atoms with Crippen molar-refractivity contribution in [3.63, 3.8) is 0 Å². The Morgan fingerprint density at radius 3 is 2.70 bits per heavy atom. The summed E-state index contributed by atoms with van der Waals surface area (Å²) in [6.07, 6.45) is -0.673. The second-order valence-electron chi connectivity index (χ2n) is 6.29. The lowest BCUT2D eigenvalue weighted by Crippen LogP contribution is -2.37. The molecule has 1 heterocycles. The van der Waals surface area contributed by atoms with Crippen LogP contribution in [0.3, 0.4) is 0 Å². The highest BCUT2D eigenvalue weighted by atomic mass is 35.5. The summed E-state index contributed by atoms with van der Waals surface area (Å²) in [5.41, 5.74) is 2.02. The Morgan fingerprint density at radius 2 is 2.00 bits per heavy atom. The molecule has 6 nitrogen and oxygen atoms in total. The van der Waals surface area contributed by atoms with Crippen LogP contribution in [0.2, 0.25) is 5.02 Å². The molecular weight excluding hydrogens is 366 g/mol. The van der Waals surface area contributed by atoms with Crippen molar-refractivity contribution in [1.82, 2.24) is 15.0 Å². The van der Waals surface area contributed by atoms with E-state index in [2.05, 4.69) is 10.1 Å². The topological polar surface area (TPSA) is 68.5 Å². The van der Waals surface area contributed by atoms with Gasteiger partial charge < -0.3 is 14.2 Å². The predicted octanol–water partition coefficient (Wildman–Crippen LogP) is 4.12. The lowest BCUT2D eigenvalue weighted by molar-refractivity contribution is -0.137. The molecule has 3 rings (SSSR count). The van der Waals surface area contributed by atoms with Gasteiger partial charge in [-0.15, -0.1) is 0 Å². The molecule has 3 aromatic rings. The van der Waals surface area contributed by atoms with Crippen molar-refractivity contribution in [2.45, 2.75) is 26.5 Å². The number of rotatable bonds is 6. The maximum atomic E-state index is 12.5. The van der Waals surface area contributed by atoms with Crippen LogP contribution >= 0.6 is 11.6 Å². The Bertz CT molecular complexity index is 924. The molecule has 140 valence electrons. The molecule has 0 N–H and O–H groups in total. The number of ether oxygens (including phenoxy) is 1. The Morgan fingerprint density at radius 1 is 1.26 bits per heavy atom. The van der Waals surface area contributed by atoms with E-state index in [9.17, 15) is 4.79 Å². The lowest BCUT2D eigenvalue weighted by Gasteiger charge is -2.20. The number of hydrogen-bond acceptors (Lipinski definition) is 5. The molecule has 0 aliphatic rings. The predicted molar refractivity (Wildman–Crippen MR) is 102 cm³/mol. The lowest BCUT2D eigenvalue weighted by atomic mass is 10.1. The van der Waals surface area contributed by atoms with Crippen molar-refractivity contribution in [3.05, 3.63) is 65.0 Å². The first-order valence-electron chi connectivity index (χ1n) is 8.49. The minimum Gasteiger partial charge on any atom is -0.481 e. The zero-order valence-corrected chi connectivity index (χ0v) is 16.1. The highest BCUT2D eigenvalue weighted by Gasteiger charge is 2.21. The van der Waals surface area contributed by atoms with Gasteiger partial charge in [0.15, 0.2) is 6.10 Å². The molecule has 0 spiro atoms. The van der Waals surface area contributed by atoms with Crippen LogP contribution in [0.5, 0.6) is 5.75 Å². The van der Waals surface area contributed by atoms with Crippen LogP contribution < -0.4 is 4.74 Å². The molecule has 27 heavy (non-hydrogen) atoms. The molecule has 0 bridgehead atoms. The average molecular weight is 386 g/mol. The van der Waals surface area contributed by atoms with Crippen LogP contribution in [-0.2, 0) is 11.3 Å². The molecule has 0 unspecified atom stereocenters. The number of hydrogen-bond donors (Lipinski definition) is 0. The van der Waals surface area contributed by atoms with E-state index in [0.29, 0.717) is 22.5 Å². The van der Waals surface area contributed by atoms with Crippen molar-refractivity contribution < 1.29 is 14.1 Å². The molecule has 0 aliphatic heterocycles. The Kier molecular flexibility index (Phi) is 5.76. The Balaban J connectivity index is 1.61. The fraction of sp³-hybridized carbons (Fsp3) is 0.250. The summed E-state index contributed by atoms with van der Waals surface area (Å²) in [5.74, 6) is 1.19. The molecule has 1 amide bonds. The number of halogens is 1. The molecular formula is C20H20ClN3O3. The first-order chi connectivity index (χ1) is 12.9. The van der Waals surface area contributed by atoms with Crippen LogP contribution in [0, 0.1) is 6.92 Å². The van der Waals surface area contributed by atoms with Gasteiger partial charge in [0, 0.05) is 17.6 Å². The minimum atomic E-state index is -0.673. The van der Waals surface area contributed by atoms with Gasteiger partial charge in [0.25, 0.3) is 5.91 Å². The van der Waals surface area contributed by atoms with Gasteiger partial charge in [-0.3, -0.25) is 4.79 Å². The molecule has 7 heteroatoms. The van der Waals surface area contributed by atoms with Crippen LogP contribution in [0.25, 0.3) is 11.4 Å². The number of amides is 1. The van der Waals surface area contributed by atoms with Crippen molar-refractivity contribution >= 4 is 17.5 Å². The third-order valence-electron chi connectivity index (χ3n) is 3.98. The number of aromatic nitrogens is 2. The Hall–Kier alpha value is -2.86. The van der Waals surface area contributed by atoms with Gasteiger partial charge in [0.1, 0.15) is 5.75 Å². The van der Waals surface area contributed by atoms with E-state index in [1.165, 1.54) is 4.90 Å². The van der Waals surface area contributed by atoms with Crippen LogP contribution in [0.4, 0.5) is 0 Å². The van der Waals surface area contributed by atoms with Gasteiger partial charge in [-0.2, -0.15) is 4.98 Å². The molecule has 0 saturated carbocycles. The second kappa shape index (κ2) is 8.22. The quantitative estimate of drug-likeness (QED) is 0.638. The van der Waals surface area contributed by atoms with Gasteiger partial charge in [0.05, 0.1) is 6.54 Å². The van der Waals surface area contributed by atoms with Crippen molar-refractivity contribution in [2.75, 3.05) is 7.05 Å². The maximum Gasteiger partial charge on any atom is 0.263 e. The van der Waals surface area contributed by atoms with Gasteiger partial charge in [-0.1, -0.05) is 52.7 Å². The molecule has 1 aromatic heterocycles. The van der Waals surface area contributed by atoms with Crippen LogP contribution in [-0.4, -0.2) is 34.1 Å². The monoisotopic (exact) mass is 385 g/mol. The molecule has 0 aliphatic carbocycles. The normalized spacial score (nSPS) is 11.9. The highest BCUT2D eigenvalue weighted by molar-refractivity contribution is 6.30. The van der Waals surface area contributed by atoms with E-state index in [1.807, 2.05) is 31.2 Å². The SMILES string of the molecule is Cc1ccc(-c2noc(CN(C)C(=O)[C@H](C)Oc3cccc(Cl)c3)n2)cc1. The van der Waals surface area contributed by atoms with Gasteiger partial charge >= 0.3 is 0 Å². The molecule has 0 radical (unpaired) electrons. The van der Waals surface area contributed by atoms with Crippen molar-refractivity contribution in [2.24, 2.45) is 0 Å². The summed E-state index contributed by atoms with van der Waals surface area (Å²) in [6, 6.07) is 14.8. The summed E-state index contributed by atoms with van der Waals surface area (Å²) in [7, 11) is 1.66. The maximum absolute atomic E-state index is 12.5. The third-order valence-corrected chi connectivity index (χ3v) is 4.22. The van der Waals surface area contributed by atoms with Gasteiger partial charge in [0.2, 0.25) is 11.7 Å². The fourth-order valence-corrected chi connectivity index (χ4v) is 2.71. The number of aryl methyl sites for hydroxylation is 1. The third kappa shape index (κ3) is 4.86. The average Bonchev–Trinajstić information content (AvgIpc) is 3.10. The number of benzene rings is 2. The summed E-state index contributed by atoms with van der Waals surface area (Å²) in [4.78, 5) is 18.4.